The van der Waals surface area contributed by atoms with Gasteiger partial charge in [0.1, 0.15) is 0 Å². The molecule has 1 N–H and O–H groups in total. The Balaban J connectivity index is 1.92. The van der Waals surface area contributed by atoms with Crippen molar-refractivity contribution >= 4 is 23.6 Å². The molecule has 1 aromatic carbocycles. The van der Waals surface area contributed by atoms with Gasteiger partial charge in [-0.2, -0.15) is 0 Å². The normalized spacial score (nSPS) is 13.3. The van der Waals surface area contributed by atoms with E-state index in [4.69, 9.17) is 16.0 Å². The first kappa shape index (κ1) is 19.2. The molecule has 0 amide bonds. The van der Waals surface area contributed by atoms with Gasteiger partial charge in [0, 0.05) is 18.9 Å². The second kappa shape index (κ2) is 9.39. The van der Waals surface area contributed by atoms with Gasteiger partial charge in [0.25, 0.3) is 0 Å². The minimum atomic E-state index is -0.685. The van der Waals surface area contributed by atoms with E-state index in [1.165, 1.54) is 12.1 Å². The van der Waals surface area contributed by atoms with Crippen molar-refractivity contribution < 1.29 is 28.7 Å². The molecular weight excluding hydrogens is 338 g/mol. The van der Waals surface area contributed by atoms with Crippen LogP contribution in [-0.2, 0) is 19.1 Å². The summed E-state index contributed by atoms with van der Waals surface area (Å²) < 4.78 is 9.50. The van der Waals surface area contributed by atoms with Crippen molar-refractivity contribution in [2.45, 2.75) is 31.8 Å². The Morgan fingerprint density at radius 3 is 2.81 bits per heavy atom. The van der Waals surface area contributed by atoms with E-state index in [1.54, 1.807) is 6.07 Å². The van der Waals surface area contributed by atoms with Crippen LogP contribution < -0.4 is 5.48 Å². The molecule has 0 saturated carbocycles. The first-order valence-electron chi connectivity index (χ1n) is 8.10. The number of hydrogen-bond acceptors (Lipinski definition) is 7. The predicted molar refractivity (Wildman–Crippen MR) is 93.1 cm³/mol. The van der Waals surface area contributed by atoms with Crippen LogP contribution in [0.4, 0.5) is 5.69 Å². The first-order valence-corrected chi connectivity index (χ1v) is 8.10. The molecule has 0 saturated heterocycles. The molecule has 0 fully saturated rings. The van der Waals surface area contributed by atoms with Crippen LogP contribution in [0.15, 0.2) is 30.9 Å². The Bertz CT molecular complexity index is 749. The second-order valence-corrected chi connectivity index (χ2v) is 5.54. The average molecular weight is 357 g/mol. The summed E-state index contributed by atoms with van der Waals surface area (Å²) in [5.41, 5.74) is 3.67. The summed E-state index contributed by atoms with van der Waals surface area (Å²) in [7, 11) is 0. The van der Waals surface area contributed by atoms with Gasteiger partial charge in [-0.3, -0.25) is 10.3 Å². The van der Waals surface area contributed by atoms with Crippen molar-refractivity contribution in [1.82, 2.24) is 0 Å². The number of esters is 3. The highest BCUT2D eigenvalue weighted by Gasteiger charge is 2.29. The molecule has 0 spiro atoms. The summed E-state index contributed by atoms with van der Waals surface area (Å²) in [6.45, 7) is 3.51. The molecule has 26 heavy (non-hydrogen) atoms. The Morgan fingerprint density at radius 1 is 1.31 bits per heavy atom. The zero-order chi connectivity index (χ0) is 18.9. The van der Waals surface area contributed by atoms with E-state index in [0.717, 1.165) is 12.5 Å². The zero-order valence-electron chi connectivity index (χ0n) is 14.2. The van der Waals surface area contributed by atoms with Crippen LogP contribution in [0.5, 0.6) is 0 Å². The van der Waals surface area contributed by atoms with Gasteiger partial charge in [-0.1, -0.05) is 6.58 Å². The van der Waals surface area contributed by atoms with Crippen LogP contribution in [0.1, 0.15) is 46.4 Å². The summed E-state index contributed by atoms with van der Waals surface area (Å²) in [6.07, 6.45) is 8.57. The van der Waals surface area contributed by atoms with Crippen LogP contribution in [0.3, 0.4) is 0 Å². The lowest BCUT2D eigenvalue weighted by atomic mass is 10.1. The minimum absolute atomic E-state index is 0.179. The van der Waals surface area contributed by atoms with E-state index < -0.39 is 17.9 Å². The molecule has 1 unspecified atom stereocenters. The Kier molecular flexibility index (Phi) is 6.94. The minimum Gasteiger partial charge on any atom is -0.462 e. The molecule has 1 atom stereocenters. The standard InChI is InChI=1S/C19H19NO6/c1-3-5-6-7-14(10-11-24-17(21)4-2)26-20-13-8-9-15-16(12-13)19(23)25-18(15)22/h1,4,8-9,12,14,20H,2,5-7,10-11H2. The maximum absolute atomic E-state index is 11.6. The molecule has 2 rings (SSSR count). The van der Waals surface area contributed by atoms with Gasteiger partial charge in [-0.15, -0.1) is 12.3 Å². The van der Waals surface area contributed by atoms with Crippen molar-refractivity contribution in [3.05, 3.63) is 42.0 Å². The second-order valence-electron chi connectivity index (χ2n) is 5.54. The average Bonchev–Trinajstić information content (AvgIpc) is 2.92. The smallest absolute Gasteiger partial charge is 0.346 e. The molecule has 0 bridgehead atoms. The fraction of sp³-hybridized carbons (Fsp3) is 0.316. The highest BCUT2D eigenvalue weighted by Crippen LogP contribution is 2.24. The van der Waals surface area contributed by atoms with E-state index in [2.05, 4.69) is 22.7 Å². The molecular formula is C19H19NO6. The number of unbranched alkanes of at least 4 members (excludes halogenated alkanes) is 1. The van der Waals surface area contributed by atoms with E-state index in [-0.39, 0.29) is 23.8 Å². The maximum Gasteiger partial charge on any atom is 0.346 e. The molecule has 0 radical (unpaired) electrons. The highest BCUT2D eigenvalue weighted by molar-refractivity contribution is 6.15. The van der Waals surface area contributed by atoms with E-state index >= 15 is 0 Å². The van der Waals surface area contributed by atoms with Crippen LogP contribution in [0.25, 0.3) is 0 Å². The third-order valence-electron chi connectivity index (χ3n) is 3.69. The number of cyclic esters (lactones) is 2. The molecule has 1 aliphatic rings. The molecule has 1 aliphatic heterocycles. The fourth-order valence-electron chi connectivity index (χ4n) is 2.34. The third kappa shape index (κ3) is 5.19. The number of carbonyl (C=O) groups is 3. The number of fused-ring (bicyclic) bond motifs is 1. The lowest BCUT2D eigenvalue weighted by molar-refractivity contribution is -0.138. The summed E-state index contributed by atoms with van der Waals surface area (Å²) in [6, 6.07) is 4.58. The van der Waals surface area contributed by atoms with Crippen molar-refractivity contribution in [3.63, 3.8) is 0 Å². The molecule has 136 valence electrons. The monoisotopic (exact) mass is 357 g/mol. The molecule has 1 aromatic rings. The molecule has 7 heteroatoms. The van der Waals surface area contributed by atoms with Crippen LogP contribution in [0, 0.1) is 12.3 Å². The zero-order valence-corrected chi connectivity index (χ0v) is 14.2. The van der Waals surface area contributed by atoms with Crippen molar-refractivity contribution in [3.8, 4) is 12.3 Å². The number of rotatable bonds is 10. The van der Waals surface area contributed by atoms with Gasteiger partial charge in [0.2, 0.25) is 0 Å². The fourth-order valence-corrected chi connectivity index (χ4v) is 2.34. The summed E-state index contributed by atoms with van der Waals surface area (Å²) in [5.74, 6) is 0.718. The molecule has 0 aromatic heterocycles. The highest BCUT2D eigenvalue weighted by atomic mass is 16.7. The quantitative estimate of drug-likeness (QED) is 0.172. The van der Waals surface area contributed by atoms with Crippen molar-refractivity contribution in [2.24, 2.45) is 0 Å². The Labute approximate surface area is 151 Å². The number of anilines is 1. The van der Waals surface area contributed by atoms with Gasteiger partial charge < -0.3 is 9.47 Å². The van der Waals surface area contributed by atoms with Crippen LogP contribution >= 0.6 is 0 Å². The molecule has 7 nitrogen and oxygen atoms in total. The van der Waals surface area contributed by atoms with Crippen LogP contribution in [0.2, 0.25) is 0 Å². The number of terminal acetylenes is 1. The van der Waals surface area contributed by atoms with Gasteiger partial charge in [-0.25, -0.2) is 14.4 Å². The van der Waals surface area contributed by atoms with Crippen molar-refractivity contribution in [2.75, 3.05) is 12.1 Å². The first-order chi connectivity index (χ1) is 12.5. The largest absolute Gasteiger partial charge is 0.462 e. The summed E-state index contributed by atoms with van der Waals surface area (Å²) >= 11 is 0. The molecule has 0 aliphatic carbocycles. The number of nitrogens with one attached hydrogen (secondary N) is 1. The van der Waals surface area contributed by atoms with E-state index in [1.807, 2.05) is 0 Å². The Morgan fingerprint density at radius 2 is 2.08 bits per heavy atom. The van der Waals surface area contributed by atoms with Gasteiger partial charge in [0.15, 0.2) is 0 Å². The predicted octanol–water partition coefficient (Wildman–Crippen LogP) is 2.63. The van der Waals surface area contributed by atoms with E-state index in [0.29, 0.717) is 24.9 Å². The van der Waals surface area contributed by atoms with Gasteiger partial charge in [-0.05, 0) is 31.0 Å². The van der Waals surface area contributed by atoms with Gasteiger partial charge in [0.05, 0.1) is 29.5 Å². The topological polar surface area (TPSA) is 90.9 Å². The summed E-state index contributed by atoms with van der Waals surface area (Å²) in [4.78, 5) is 39.8. The number of hydrogen-bond donors (Lipinski definition) is 1. The van der Waals surface area contributed by atoms with Gasteiger partial charge >= 0.3 is 17.9 Å². The van der Waals surface area contributed by atoms with Crippen molar-refractivity contribution in [1.29, 1.82) is 0 Å². The molecule has 1 heterocycles. The van der Waals surface area contributed by atoms with E-state index in [9.17, 15) is 14.4 Å². The number of carbonyl (C=O) groups excluding carboxylic acids is 3. The number of benzene rings is 1. The number of ether oxygens (including phenoxy) is 2. The van der Waals surface area contributed by atoms with Crippen LogP contribution in [-0.4, -0.2) is 30.6 Å². The third-order valence-corrected chi connectivity index (χ3v) is 3.69. The Hall–Kier alpha value is -3.11. The summed E-state index contributed by atoms with van der Waals surface area (Å²) in [5, 5.41) is 0. The lowest BCUT2D eigenvalue weighted by Gasteiger charge is -2.18. The lowest BCUT2D eigenvalue weighted by Crippen LogP contribution is -2.20. The SMILES string of the molecule is C#CCCCC(CCOC(=O)C=C)ONc1ccc2c(c1)C(=O)OC2=O. The maximum atomic E-state index is 11.6.